The summed E-state index contributed by atoms with van der Waals surface area (Å²) in [6, 6.07) is 18.2. The van der Waals surface area contributed by atoms with Crippen LogP contribution >= 0.6 is 0 Å². The van der Waals surface area contributed by atoms with Crippen molar-refractivity contribution in [3.05, 3.63) is 113 Å². The summed E-state index contributed by atoms with van der Waals surface area (Å²) in [4.78, 5) is 37.2. The standard InChI is InChI=1S/C32H32N4O3/c1-7-22(4)39-23(5)19-36(6)32(38)24-11-13-25(14-12-24)34-31(37)27-18-29(28-10-8-9-15-33-28)35-30-21(3)16-20(2)17-26(27)30/h7-18H,5,19H2,1-4,6H3,(H,34,37)/b22-7-. The van der Waals surface area contributed by atoms with Gasteiger partial charge >= 0.3 is 0 Å². The van der Waals surface area contributed by atoms with Crippen LogP contribution < -0.4 is 5.32 Å². The van der Waals surface area contributed by atoms with E-state index in [1.165, 1.54) is 4.90 Å². The molecule has 2 heterocycles. The molecule has 198 valence electrons. The van der Waals surface area contributed by atoms with Crippen molar-refractivity contribution in [2.75, 3.05) is 18.9 Å². The van der Waals surface area contributed by atoms with Crippen LogP contribution in [0.1, 0.15) is 45.7 Å². The maximum absolute atomic E-state index is 13.5. The first-order valence-electron chi connectivity index (χ1n) is 12.6. The van der Waals surface area contributed by atoms with Crippen LogP contribution in [0.25, 0.3) is 22.3 Å². The summed E-state index contributed by atoms with van der Waals surface area (Å²) in [6.07, 6.45) is 3.53. The second-order valence-corrected chi connectivity index (χ2v) is 9.48. The lowest BCUT2D eigenvalue weighted by Crippen LogP contribution is -2.29. The molecule has 7 nitrogen and oxygen atoms in total. The third-order valence-electron chi connectivity index (χ3n) is 6.28. The summed E-state index contributed by atoms with van der Waals surface area (Å²) in [5.41, 5.74) is 5.66. The number of likely N-dealkylation sites (N-methyl/N-ethyl adjacent to an activating group) is 1. The van der Waals surface area contributed by atoms with Gasteiger partial charge in [-0.1, -0.05) is 24.3 Å². The van der Waals surface area contributed by atoms with E-state index >= 15 is 0 Å². The molecule has 0 fully saturated rings. The Bertz CT molecular complexity index is 1580. The van der Waals surface area contributed by atoms with Crippen molar-refractivity contribution in [2.45, 2.75) is 27.7 Å². The van der Waals surface area contributed by atoms with Gasteiger partial charge in [0.1, 0.15) is 5.76 Å². The maximum Gasteiger partial charge on any atom is 0.256 e. The lowest BCUT2D eigenvalue weighted by Gasteiger charge is -2.19. The maximum atomic E-state index is 13.5. The number of carbonyl (C=O) groups is 2. The number of aryl methyl sites for hydroxylation is 2. The van der Waals surface area contributed by atoms with Gasteiger partial charge in [-0.15, -0.1) is 0 Å². The molecule has 0 saturated heterocycles. The SMILES string of the molecule is C=C(CN(C)C(=O)c1ccc(NC(=O)c2cc(-c3ccccn3)nc3c(C)cc(C)cc23)cc1)O/C(C)=C\C. The fourth-order valence-corrected chi connectivity index (χ4v) is 4.28. The third kappa shape index (κ3) is 6.38. The van der Waals surface area contributed by atoms with Crippen molar-refractivity contribution in [2.24, 2.45) is 0 Å². The monoisotopic (exact) mass is 520 g/mol. The van der Waals surface area contributed by atoms with E-state index in [1.807, 2.05) is 58.0 Å². The Balaban J connectivity index is 1.57. The average Bonchev–Trinajstić information content (AvgIpc) is 2.92. The first-order valence-corrected chi connectivity index (χ1v) is 12.6. The molecule has 0 saturated carbocycles. The molecule has 0 unspecified atom stereocenters. The van der Waals surface area contributed by atoms with Crippen LogP contribution in [0.3, 0.4) is 0 Å². The highest BCUT2D eigenvalue weighted by molar-refractivity contribution is 6.13. The van der Waals surface area contributed by atoms with Crippen molar-refractivity contribution in [3.63, 3.8) is 0 Å². The fraction of sp³-hybridized carbons (Fsp3) is 0.188. The Morgan fingerprint density at radius 3 is 2.46 bits per heavy atom. The van der Waals surface area contributed by atoms with E-state index in [9.17, 15) is 9.59 Å². The van der Waals surface area contributed by atoms with Crippen molar-refractivity contribution in [1.82, 2.24) is 14.9 Å². The van der Waals surface area contributed by atoms with Crippen LogP contribution in [0.4, 0.5) is 5.69 Å². The van der Waals surface area contributed by atoms with Gasteiger partial charge < -0.3 is 15.0 Å². The van der Waals surface area contributed by atoms with Gasteiger partial charge in [-0.3, -0.25) is 14.6 Å². The molecule has 0 spiro atoms. The van der Waals surface area contributed by atoms with E-state index in [0.717, 1.165) is 27.8 Å². The third-order valence-corrected chi connectivity index (χ3v) is 6.28. The highest BCUT2D eigenvalue weighted by Gasteiger charge is 2.18. The molecule has 39 heavy (non-hydrogen) atoms. The predicted octanol–water partition coefficient (Wildman–Crippen LogP) is 6.69. The molecule has 2 amide bonds. The Hall–Kier alpha value is -4.78. The Labute approximate surface area is 228 Å². The molecule has 0 radical (unpaired) electrons. The van der Waals surface area contributed by atoms with Crippen molar-refractivity contribution in [1.29, 1.82) is 0 Å². The van der Waals surface area contributed by atoms with Crippen LogP contribution in [0, 0.1) is 13.8 Å². The number of anilines is 1. The number of aromatic nitrogens is 2. The zero-order chi connectivity index (χ0) is 28.1. The molecule has 4 aromatic rings. The number of hydrogen-bond acceptors (Lipinski definition) is 5. The minimum absolute atomic E-state index is 0.179. The van der Waals surface area contributed by atoms with Gasteiger partial charge in [0.15, 0.2) is 0 Å². The highest BCUT2D eigenvalue weighted by Crippen LogP contribution is 2.28. The molecule has 2 aromatic carbocycles. The lowest BCUT2D eigenvalue weighted by molar-refractivity contribution is 0.0787. The summed E-state index contributed by atoms with van der Waals surface area (Å²) in [5, 5.41) is 3.74. The van der Waals surface area contributed by atoms with Crippen LogP contribution in [-0.4, -0.2) is 40.3 Å². The molecule has 2 aromatic heterocycles. The largest absolute Gasteiger partial charge is 0.465 e. The predicted molar refractivity (Wildman–Crippen MR) is 155 cm³/mol. The molecule has 7 heteroatoms. The molecule has 0 bridgehead atoms. The van der Waals surface area contributed by atoms with Crippen LogP contribution in [0.15, 0.2) is 91.0 Å². The topological polar surface area (TPSA) is 84.4 Å². The van der Waals surface area contributed by atoms with Crippen molar-refractivity contribution in [3.8, 4) is 11.4 Å². The second kappa shape index (κ2) is 11.7. The number of benzene rings is 2. The summed E-state index contributed by atoms with van der Waals surface area (Å²) in [6.45, 7) is 11.8. The number of fused-ring (bicyclic) bond motifs is 1. The number of allylic oxidation sites excluding steroid dienone is 2. The van der Waals surface area contributed by atoms with Gasteiger partial charge in [0.2, 0.25) is 0 Å². The van der Waals surface area contributed by atoms with Crippen molar-refractivity contribution >= 4 is 28.4 Å². The number of carbonyl (C=O) groups excluding carboxylic acids is 2. The van der Waals surface area contributed by atoms with E-state index in [2.05, 4.69) is 22.9 Å². The molecule has 0 atom stereocenters. The molecular weight excluding hydrogens is 488 g/mol. The quantitative estimate of drug-likeness (QED) is 0.262. The average molecular weight is 521 g/mol. The number of nitrogens with one attached hydrogen (secondary N) is 1. The highest BCUT2D eigenvalue weighted by atomic mass is 16.5. The van der Waals surface area contributed by atoms with Gasteiger partial charge in [0.25, 0.3) is 11.8 Å². The number of pyridine rings is 2. The zero-order valence-corrected chi connectivity index (χ0v) is 22.9. The smallest absolute Gasteiger partial charge is 0.256 e. The Kier molecular flexibility index (Phi) is 8.20. The minimum Gasteiger partial charge on any atom is -0.465 e. The fourth-order valence-electron chi connectivity index (χ4n) is 4.28. The molecule has 1 N–H and O–H groups in total. The molecule has 0 aliphatic rings. The summed E-state index contributed by atoms with van der Waals surface area (Å²) < 4.78 is 5.56. The molecular formula is C32H32N4O3. The molecule has 0 aliphatic carbocycles. The van der Waals surface area contributed by atoms with E-state index in [1.54, 1.807) is 43.6 Å². The van der Waals surface area contributed by atoms with Gasteiger partial charge in [-0.2, -0.15) is 0 Å². The summed E-state index contributed by atoms with van der Waals surface area (Å²) >= 11 is 0. The number of rotatable bonds is 8. The lowest BCUT2D eigenvalue weighted by atomic mass is 10.00. The molecule has 0 aliphatic heterocycles. The minimum atomic E-state index is -0.270. The number of amides is 2. The van der Waals surface area contributed by atoms with Gasteiger partial charge in [0, 0.05) is 29.9 Å². The van der Waals surface area contributed by atoms with E-state index < -0.39 is 0 Å². The zero-order valence-electron chi connectivity index (χ0n) is 22.9. The summed E-state index contributed by atoms with van der Waals surface area (Å²) in [5.74, 6) is 0.751. The normalized spacial score (nSPS) is 11.3. The van der Waals surface area contributed by atoms with E-state index in [0.29, 0.717) is 34.0 Å². The summed E-state index contributed by atoms with van der Waals surface area (Å²) in [7, 11) is 1.69. The second-order valence-electron chi connectivity index (χ2n) is 9.48. The van der Waals surface area contributed by atoms with Crippen LogP contribution in [-0.2, 0) is 4.74 Å². The number of nitrogens with zero attached hydrogens (tertiary/aromatic N) is 3. The van der Waals surface area contributed by atoms with Gasteiger partial charge in [-0.05, 0) is 87.9 Å². The van der Waals surface area contributed by atoms with Crippen LogP contribution in [0.5, 0.6) is 0 Å². The first kappa shape index (κ1) is 27.3. The van der Waals surface area contributed by atoms with Gasteiger partial charge in [-0.25, -0.2) is 4.98 Å². The Morgan fingerprint density at radius 1 is 1.05 bits per heavy atom. The first-order chi connectivity index (χ1) is 18.7. The Morgan fingerprint density at radius 2 is 1.79 bits per heavy atom. The van der Waals surface area contributed by atoms with Gasteiger partial charge in [0.05, 0.1) is 34.8 Å². The number of hydrogen-bond donors (Lipinski definition) is 1. The van der Waals surface area contributed by atoms with Crippen molar-refractivity contribution < 1.29 is 14.3 Å². The van der Waals surface area contributed by atoms with E-state index in [-0.39, 0.29) is 18.4 Å². The molecule has 4 rings (SSSR count). The number of ether oxygens (including phenoxy) is 1. The van der Waals surface area contributed by atoms with E-state index in [4.69, 9.17) is 9.72 Å². The van der Waals surface area contributed by atoms with Crippen LogP contribution in [0.2, 0.25) is 0 Å².